The number of aromatic nitrogens is 2. The Balaban J connectivity index is 1.68. The van der Waals surface area contributed by atoms with Crippen molar-refractivity contribution in [2.75, 3.05) is 18.0 Å². The molecule has 1 saturated heterocycles. The van der Waals surface area contributed by atoms with Gasteiger partial charge < -0.3 is 15.1 Å². The maximum Gasteiger partial charge on any atom is 0.139 e. The minimum Gasteiger partial charge on any atom is -0.390 e. The normalized spacial score (nSPS) is 31.5. The topological polar surface area (TPSA) is 69.5 Å². The number of hydrogen-bond acceptors (Lipinski definition) is 5. The van der Waals surface area contributed by atoms with Gasteiger partial charge in [0.15, 0.2) is 0 Å². The standard InChI is InChI=1S/C17H21N3O2/c1-10-2-3-14-13(4-10)17(19-9-18-14)20-7-11-5-15(21)16(22)6-12(11)8-20/h2-4,9,11-12,15-16,21-22H,5-8H2,1H3/t11-,12+,15+,16-. The average molecular weight is 299 g/mol. The van der Waals surface area contributed by atoms with Crippen LogP contribution in [0.3, 0.4) is 0 Å². The molecule has 4 atom stereocenters. The van der Waals surface area contributed by atoms with Gasteiger partial charge in [-0.05, 0) is 43.7 Å². The molecule has 0 radical (unpaired) electrons. The van der Waals surface area contributed by atoms with E-state index in [0.717, 1.165) is 29.8 Å². The molecule has 4 rings (SSSR count). The Labute approximate surface area is 129 Å². The van der Waals surface area contributed by atoms with E-state index in [2.05, 4.69) is 33.9 Å². The molecule has 1 aliphatic carbocycles. The van der Waals surface area contributed by atoms with Gasteiger partial charge in [0.05, 0.1) is 17.7 Å². The molecule has 2 aromatic rings. The molecule has 1 aromatic heterocycles. The van der Waals surface area contributed by atoms with E-state index in [4.69, 9.17) is 0 Å². The highest BCUT2D eigenvalue weighted by Gasteiger charge is 2.41. The van der Waals surface area contributed by atoms with Gasteiger partial charge in [-0.25, -0.2) is 9.97 Å². The van der Waals surface area contributed by atoms with Crippen LogP contribution in [-0.4, -0.2) is 45.5 Å². The van der Waals surface area contributed by atoms with Crippen LogP contribution in [0.25, 0.3) is 10.9 Å². The summed E-state index contributed by atoms with van der Waals surface area (Å²) in [6.45, 7) is 3.87. The predicted molar refractivity (Wildman–Crippen MR) is 84.7 cm³/mol. The number of aliphatic hydroxyl groups is 2. The lowest BCUT2D eigenvalue weighted by atomic mass is 9.79. The monoisotopic (exact) mass is 299 g/mol. The van der Waals surface area contributed by atoms with Crippen molar-refractivity contribution in [2.45, 2.75) is 32.0 Å². The predicted octanol–water partition coefficient (Wildman–Crippen LogP) is 1.51. The highest BCUT2D eigenvalue weighted by molar-refractivity contribution is 5.89. The molecule has 1 aromatic carbocycles. The second kappa shape index (κ2) is 5.18. The van der Waals surface area contributed by atoms with Crippen LogP contribution < -0.4 is 4.90 Å². The van der Waals surface area contributed by atoms with Crippen molar-refractivity contribution >= 4 is 16.7 Å². The number of anilines is 1. The third-order valence-electron chi connectivity index (χ3n) is 5.18. The molecule has 116 valence electrons. The van der Waals surface area contributed by atoms with Crippen molar-refractivity contribution in [1.29, 1.82) is 0 Å². The number of benzene rings is 1. The molecule has 0 bridgehead atoms. The fourth-order valence-corrected chi connectivity index (χ4v) is 3.99. The van der Waals surface area contributed by atoms with Crippen molar-refractivity contribution in [3.8, 4) is 0 Å². The summed E-state index contributed by atoms with van der Waals surface area (Å²) in [5.41, 5.74) is 2.16. The second-order valence-electron chi connectivity index (χ2n) is 6.75. The van der Waals surface area contributed by atoms with Crippen molar-refractivity contribution in [3.63, 3.8) is 0 Å². The van der Waals surface area contributed by atoms with Gasteiger partial charge in [0, 0.05) is 18.5 Å². The van der Waals surface area contributed by atoms with Crippen LogP contribution in [0, 0.1) is 18.8 Å². The van der Waals surface area contributed by atoms with E-state index in [9.17, 15) is 10.2 Å². The van der Waals surface area contributed by atoms with Crippen LogP contribution in [-0.2, 0) is 0 Å². The minimum absolute atomic E-state index is 0.438. The zero-order valence-corrected chi connectivity index (χ0v) is 12.7. The summed E-state index contributed by atoms with van der Waals surface area (Å²) in [6.07, 6.45) is 1.84. The highest BCUT2D eigenvalue weighted by Crippen LogP contribution is 2.39. The van der Waals surface area contributed by atoms with Crippen molar-refractivity contribution in [1.82, 2.24) is 9.97 Å². The van der Waals surface area contributed by atoms with Gasteiger partial charge in [-0.1, -0.05) is 11.6 Å². The van der Waals surface area contributed by atoms with E-state index < -0.39 is 12.2 Å². The number of rotatable bonds is 1. The first-order valence-electron chi connectivity index (χ1n) is 7.94. The van der Waals surface area contributed by atoms with Crippen molar-refractivity contribution < 1.29 is 10.2 Å². The second-order valence-corrected chi connectivity index (χ2v) is 6.75. The Morgan fingerprint density at radius 2 is 1.73 bits per heavy atom. The molecular formula is C17H21N3O2. The largest absolute Gasteiger partial charge is 0.390 e. The van der Waals surface area contributed by atoms with E-state index >= 15 is 0 Å². The number of hydrogen-bond donors (Lipinski definition) is 2. The number of aliphatic hydroxyl groups excluding tert-OH is 2. The summed E-state index contributed by atoms with van der Waals surface area (Å²) in [7, 11) is 0. The van der Waals surface area contributed by atoms with E-state index in [1.807, 2.05) is 6.07 Å². The van der Waals surface area contributed by atoms with E-state index in [1.54, 1.807) is 6.33 Å². The molecule has 2 aliphatic rings. The Bertz CT molecular complexity index is 687. The van der Waals surface area contributed by atoms with E-state index in [-0.39, 0.29) is 0 Å². The van der Waals surface area contributed by atoms with Crippen LogP contribution >= 0.6 is 0 Å². The Morgan fingerprint density at radius 1 is 1.05 bits per heavy atom. The summed E-state index contributed by atoms with van der Waals surface area (Å²) in [4.78, 5) is 11.2. The van der Waals surface area contributed by atoms with Gasteiger partial charge in [0.1, 0.15) is 12.1 Å². The van der Waals surface area contributed by atoms with Crippen LogP contribution in [0.4, 0.5) is 5.82 Å². The van der Waals surface area contributed by atoms with Crippen LogP contribution in [0.15, 0.2) is 24.5 Å². The zero-order chi connectivity index (χ0) is 15.3. The molecule has 2 fully saturated rings. The molecule has 0 amide bonds. The maximum atomic E-state index is 9.90. The van der Waals surface area contributed by atoms with E-state index in [1.165, 1.54) is 5.56 Å². The molecule has 1 saturated carbocycles. The Morgan fingerprint density at radius 3 is 2.41 bits per heavy atom. The fourth-order valence-electron chi connectivity index (χ4n) is 3.99. The third kappa shape index (κ3) is 2.25. The lowest BCUT2D eigenvalue weighted by Gasteiger charge is -2.31. The smallest absolute Gasteiger partial charge is 0.139 e. The molecular weight excluding hydrogens is 278 g/mol. The number of nitrogens with zero attached hydrogens (tertiary/aromatic N) is 3. The summed E-state index contributed by atoms with van der Waals surface area (Å²) in [6, 6.07) is 6.23. The van der Waals surface area contributed by atoms with Crippen LogP contribution in [0.2, 0.25) is 0 Å². The average Bonchev–Trinajstić information content (AvgIpc) is 2.89. The van der Waals surface area contributed by atoms with Gasteiger partial charge in [0.2, 0.25) is 0 Å². The minimum atomic E-state index is -0.578. The van der Waals surface area contributed by atoms with Crippen molar-refractivity contribution in [2.24, 2.45) is 11.8 Å². The Hall–Kier alpha value is -1.72. The fraction of sp³-hybridized carbons (Fsp3) is 0.529. The summed E-state index contributed by atoms with van der Waals surface area (Å²) in [5, 5.41) is 20.9. The summed E-state index contributed by atoms with van der Waals surface area (Å²) < 4.78 is 0. The lowest BCUT2D eigenvalue weighted by molar-refractivity contribution is -0.0372. The molecule has 5 heteroatoms. The van der Waals surface area contributed by atoms with Gasteiger partial charge in [-0.3, -0.25) is 0 Å². The number of fused-ring (bicyclic) bond motifs is 2. The first kappa shape index (κ1) is 13.9. The quantitative estimate of drug-likeness (QED) is 0.835. The highest BCUT2D eigenvalue weighted by atomic mass is 16.3. The maximum absolute atomic E-state index is 9.90. The third-order valence-corrected chi connectivity index (χ3v) is 5.18. The molecule has 0 unspecified atom stereocenters. The van der Waals surface area contributed by atoms with Crippen LogP contribution in [0.1, 0.15) is 18.4 Å². The lowest BCUT2D eigenvalue weighted by Crippen LogP contribution is -2.38. The molecule has 0 spiro atoms. The van der Waals surface area contributed by atoms with Gasteiger partial charge in [-0.15, -0.1) is 0 Å². The Kier molecular flexibility index (Phi) is 3.27. The van der Waals surface area contributed by atoms with Crippen LogP contribution in [0.5, 0.6) is 0 Å². The van der Waals surface area contributed by atoms with Gasteiger partial charge >= 0.3 is 0 Å². The molecule has 1 aliphatic heterocycles. The first-order valence-corrected chi connectivity index (χ1v) is 7.94. The molecule has 22 heavy (non-hydrogen) atoms. The van der Waals surface area contributed by atoms with Gasteiger partial charge in [0.25, 0.3) is 0 Å². The SMILES string of the molecule is Cc1ccc2ncnc(N3C[C@H]4C[C@H](O)[C@H](O)C[C@H]4C3)c2c1. The van der Waals surface area contributed by atoms with E-state index in [0.29, 0.717) is 24.7 Å². The molecule has 5 nitrogen and oxygen atoms in total. The van der Waals surface area contributed by atoms with Gasteiger partial charge in [-0.2, -0.15) is 0 Å². The summed E-state index contributed by atoms with van der Waals surface area (Å²) >= 11 is 0. The zero-order valence-electron chi connectivity index (χ0n) is 12.7. The van der Waals surface area contributed by atoms with Crippen molar-refractivity contribution in [3.05, 3.63) is 30.1 Å². The number of aryl methyl sites for hydroxylation is 1. The summed E-state index contributed by atoms with van der Waals surface area (Å²) in [5.74, 6) is 1.86. The molecule has 2 heterocycles. The molecule has 2 N–H and O–H groups in total. The first-order chi connectivity index (χ1) is 10.6.